The predicted octanol–water partition coefficient (Wildman–Crippen LogP) is 5.22. The summed E-state index contributed by atoms with van der Waals surface area (Å²) in [6.45, 7) is 0.689. The third kappa shape index (κ3) is 4.16. The molecule has 1 saturated heterocycles. The Morgan fingerprint density at radius 1 is 0.828 bits per heavy atom. The van der Waals surface area contributed by atoms with E-state index in [0.29, 0.717) is 6.54 Å². The van der Waals surface area contributed by atoms with E-state index >= 15 is 0 Å². The van der Waals surface area contributed by atoms with Crippen LogP contribution in [0.1, 0.15) is 41.5 Å². The third-order valence-electron chi connectivity index (χ3n) is 5.62. The fourth-order valence-corrected chi connectivity index (χ4v) is 4.09. The molecule has 148 valence electrons. The molecule has 1 heterocycles. The van der Waals surface area contributed by atoms with Crippen molar-refractivity contribution in [1.29, 1.82) is 0 Å². The number of benzene rings is 3. The normalized spacial score (nSPS) is 18.5. The van der Waals surface area contributed by atoms with E-state index in [-0.39, 0.29) is 29.4 Å². The van der Waals surface area contributed by atoms with Crippen molar-refractivity contribution in [2.45, 2.75) is 31.2 Å². The topological polar surface area (TPSA) is 40.5 Å². The lowest BCUT2D eigenvalue weighted by Crippen LogP contribution is -2.53. The average Bonchev–Trinajstić information content (AvgIpc) is 2.74. The van der Waals surface area contributed by atoms with Gasteiger partial charge in [0.05, 0.1) is 12.0 Å². The Kier molecular flexibility index (Phi) is 5.61. The highest BCUT2D eigenvalue weighted by molar-refractivity contribution is 5.91. The van der Waals surface area contributed by atoms with Gasteiger partial charge >= 0.3 is 0 Å². The van der Waals surface area contributed by atoms with E-state index in [4.69, 9.17) is 0 Å². The van der Waals surface area contributed by atoms with Gasteiger partial charge in [0.2, 0.25) is 5.91 Å². The lowest BCUT2D eigenvalue weighted by Gasteiger charge is -2.48. The number of β-lactam (4-membered cyclic amide) rings is 1. The number of rotatable bonds is 7. The number of unbranched alkanes of at least 4 members (excludes halogenated alkanes) is 1. The van der Waals surface area contributed by atoms with Crippen LogP contribution in [0.5, 0.6) is 5.75 Å². The molecule has 29 heavy (non-hydrogen) atoms. The van der Waals surface area contributed by atoms with Crippen LogP contribution in [0.15, 0.2) is 78.9 Å². The van der Waals surface area contributed by atoms with Gasteiger partial charge in [0, 0.05) is 6.54 Å². The Morgan fingerprint density at radius 2 is 1.48 bits per heavy atom. The van der Waals surface area contributed by atoms with E-state index < -0.39 is 0 Å². The van der Waals surface area contributed by atoms with Crippen molar-refractivity contribution in [3.8, 4) is 5.75 Å². The number of aromatic hydroxyl groups is 1. The first-order valence-electron chi connectivity index (χ1n) is 10.0. The summed E-state index contributed by atoms with van der Waals surface area (Å²) in [6, 6.07) is 23.5. The average molecular weight is 389 g/mol. The molecule has 0 aliphatic carbocycles. The Balaban J connectivity index is 1.47. The van der Waals surface area contributed by atoms with Gasteiger partial charge in [0.25, 0.3) is 0 Å². The molecule has 3 aromatic carbocycles. The van der Waals surface area contributed by atoms with E-state index in [1.165, 1.54) is 17.7 Å². The standard InChI is InChI=1S/C25H24FNO2/c26-21-13-9-19(10-14-21)23-24(20-11-15-22(28)16-12-20)27(25(23)29)17-5-4-8-18-6-2-1-3-7-18/h1-3,6-7,9-16,23-24,28H,4-5,8,17H2/t23-,24-/m1/s1. The largest absolute Gasteiger partial charge is 0.508 e. The molecule has 1 N–H and O–H groups in total. The number of phenols is 1. The maximum absolute atomic E-state index is 13.3. The molecule has 0 unspecified atom stereocenters. The van der Waals surface area contributed by atoms with E-state index in [9.17, 15) is 14.3 Å². The molecular weight excluding hydrogens is 365 g/mol. The van der Waals surface area contributed by atoms with Crippen LogP contribution in [-0.2, 0) is 11.2 Å². The van der Waals surface area contributed by atoms with Crippen LogP contribution in [-0.4, -0.2) is 22.5 Å². The Hall–Kier alpha value is -3.14. The summed E-state index contributed by atoms with van der Waals surface area (Å²) in [5.74, 6) is -0.338. The number of nitrogens with zero attached hydrogens (tertiary/aromatic N) is 1. The quantitative estimate of drug-likeness (QED) is 0.444. The summed E-state index contributed by atoms with van der Waals surface area (Å²) in [5, 5.41) is 9.62. The number of phenolic OH excluding ortho intramolecular Hbond substituents is 1. The Labute approximate surface area is 170 Å². The number of likely N-dealkylation sites (tertiary alicyclic amines) is 1. The van der Waals surface area contributed by atoms with Crippen molar-refractivity contribution in [2.75, 3.05) is 6.54 Å². The Bertz CT molecular complexity index is 954. The number of aryl methyl sites for hydroxylation is 1. The summed E-state index contributed by atoms with van der Waals surface area (Å²) in [4.78, 5) is 14.9. The fraction of sp³-hybridized carbons (Fsp3) is 0.240. The number of amides is 1. The van der Waals surface area contributed by atoms with Gasteiger partial charge in [-0.15, -0.1) is 0 Å². The first-order valence-corrected chi connectivity index (χ1v) is 10.0. The minimum Gasteiger partial charge on any atom is -0.508 e. The van der Waals surface area contributed by atoms with Crippen LogP contribution in [0.3, 0.4) is 0 Å². The maximum Gasteiger partial charge on any atom is 0.233 e. The van der Waals surface area contributed by atoms with Crippen LogP contribution < -0.4 is 0 Å². The fourth-order valence-electron chi connectivity index (χ4n) is 4.09. The van der Waals surface area contributed by atoms with E-state index in [2.05, 4.69) is 12.1 Å². The zero-order chi connectivity index (χ0) is 20.2. The van der Waals surface area contributed by atoms with Crippen LogP contribution in [0.2, 0.25) is 0 Å². The third-order valence-corrected chi connectivity index (χ3v) is 5.62. The van der Waals surface area contributed by atoms with E-state index in [1.807, 2.05) is 35.2 Å². The highest BCUT2D eigenvalue weighted by atomic mass is 19.1. The van der Waals surface area contributed by atoms with Crippen LogP contribution >= 0.6 is 0 Å². The van der Waals surface area contributed by atoms with Gasteiger partial charge in [0.1, 0.15) is 11.6 Å². The monoisotopic (exact) mass is 389 g/mol. The molecule has 2 atom stereocenters. The molecule has 1 amide bonds. The molecule has 0 aromatic heterocycles. The zero-order valence-electron chi connectivity index (χ0n) is 16.2. The molecule has 1 aliphatic heterocycles. The zero-order valence-corrected chi connectivity index (χ0v) is 16.2. The molecule has 1 fully saturated rings. The molecule has 1 aliphatic rings. The highest BCUT2D eigenvalue weighted by Crippen LogP contribution is 2.46. The van der Waals surface area contributed by atoms with Gasteiger partial charge in [-0.3, -0.25) is 4.79 Å². The van der Waals surface area contributed by atoms with Gasteiger partial charge in [-0.25, -0.2) is 4.39 Å². The van der Waals surface area contributed by atoms with E-state index in [0.717, 1.165) is 30.4 Å². The van der Waals surface area contributed by atoms with Crippen molar-refractivity contribution in [1.82, 2.24) is 4.90 Å². The van der Waals surface area contributed by atoms with Crippen molar-refractivity contribution in [3.05, 3.63) is 101 Å². The molecule has 0 spiro atoms. The van der Waals surface area contributed by atoms with Crippen LogP contribution in [0.4, 0.5) is 4.39 Å². The minimum absolute atomic E-state index is 0.0781. The Morgan fingerprint density at radius 3 is 2.17 bits per heavy atom. The smallest absolute Gasteiger partial charge is 0.233 e. The molecule has 3 aromatic rings. The predicted molar refractivity (Wildman–Crippen MR) is 111 cm³/mol. The second-order valence-corrected chi connectivity index (χ2v) is 7.54. The number of hydrogen-bond acceptors (Lipinski definition) is 2. The van der Waals surface area contributed by atoms with Crippen molar-refractivity contribution in [2.24, 2.45) is 0 Å². The summed E-state index contributed by atoms with van der Waals surface area (Å²) in [5.41, 5.74) is 3.12. The first kappa shape index (κ1) is 19.2. The van der Waals surface area contributed by atoms with Crippen molar-refractivity contribution < 1.29 is 14.3 Å². The number of halogens is 1. The second kappa shape index (κ2) is 8.48. The summed E-state index contributed by atoms with van der Waals surface area (Å²) < 4.78 is 13.3. The van der Waals surface area contributed by atoms with Gasteiger partial charge in [0.15, 0.2) is 0 Å². The van der Waals surface area contributed by atoms with Crippen molar-refractivity contribution in [3.63, 3.8) is 0 Å². The number of carbonyl (C=O) groups is 1. The molecule has 0 radical (unpaired) electrons. The molecule has 0 bridgehead atoms. The lowest BCUT2D eigenvalue weighted by molar-refractivity contribution is -0.150. The summed E-state index contributed by atoms with van der Waals surface area (Å²) in [6.07, 6.45) is 2.93. The molecule has 0 saturated carbocycles. The van der Waals surface area contributed by atoms with E-state index in [1.54, 1.807) is 24.3 Å². The summed E-state index contributed by atoms with van der Waals surface area (Å²) in [7, 11) is 0. The number of hydrogen-bond donors (Lipinski definition) is 1. The first-order chi connectivity index (χ1) is 14.1. The van der Waals surface area contributed by atoms with Crippen LogP contribution in [0.25, 0.3) is 0 Å². The van der Waals surface area contributed by atoms with Gasteiger partial charge in [-0.1, -0.05) is 54.6 Å². The lowest BCUT2D eigenvalue weighted by atomic mass is 9.77. The van der Waals surface area contributed by atoms with Gasteiger partial charge in [-0.2, -0.15) is 0 Å². The minimum atomic E-state index is -0.311. The molecular formula is C25H24FNO2. The van der Waals surface area contributed by atoms with Crippen LogP contribution in [0, 0.1) is 5.82 Å². The highest BCUT2D eigenvalue weighted by Gasteiger charge is 2.48. The van der Waals surface area contributed by atoms with Gasteiger partial charge < -0.3 is 10.0 Å². The molecule has 4 rings (SSSR count). The SMILES string of the molecule is O=C1[C@H](c2ccc(F)cc2)[C@@H](c2ccc(O)cc2)N1CCCCc1ccccc1. The van der Waals surface area contributed by atoms with Gasteiger partial charge in [-0.05, 0) is 60.2 Å². The maximum atomic E-state index is 13.3. The second-order valence-electron chi connectivity index (χ2n) is 7.54. The van der Waals surface area contributed by atoms with Crippen molar-refractivity contribution >= 4 is 5.91 Å². The molecule has 3 nitrogen and oxygen atoms in total. The number of carbonyl (C=O) groups excluding carboxylic acids is 1. The summed E-state index contributed by atoms with van der Waals surface area (Å²) >= 11 is 0. The molecule has 4 heteroatoms.